The predicted molar refractivity (Wildman–Crippen MR) is 112 cm³/mol. The van der Waals surface area contributed by atoms with Crippen LogP contribution in [0, 0.1) is 0 Å². The van der Waals surface area contributed by atoms with Crippen molar-refractivity contribution in [3.05, 3.63) is 18.2 Å². The van der Waals surface area contributed by atoms with Gasteiger partial charge < -0.3 is 41.0 Å². The number of aromatic nitrogens is 1. The summed E-state index contributed by atoms with van der Waals surface area (Å²) >= 11 is 0. The van der Waals surface area contributed by atoms with Crippen molar-refractivity contribution in [3.8, 4) is 11.5 Å². The molecule has 9 nitrogen and oxygen atoms in total. The Morgan fingerprint density at radius 1 is 0.821 bits per heavy atom. The standard InChI is InChI=1S/C19H31N5O4/c1-27-15-3-4-16(28-2)19-18(15)14(22-7-5-20-9-11-25)13-17(24-19)23-8-6-21-10-12-26/h3-4,13,20-21,25-26H,5-12H2,1-2H3,(H2,22,23,24). The summed E-state index contributed by atoms with van der Waals surface area (Å²) < 4.78 is 11.0. The van der Waals surface area contributed by atoms with E-state index in [1.165, 1.54) is 0 Å². The molecular formula is C19H31N5O4. The van der Waals surface area contributed by atoms with Gasteiger partial charge in [0.25, 0.3) is 0 Å². The fraction of sp³-hybridized carbons (Fsp3) is 0.526. The lowest BCUT2D eigenvalue weighted by Gasteiger charge is -2.17. The number of nitrogens with zero attached hydrogens (tertiary/aromatic N) is 1. The SMILES string of the molecule is COc1ccc(OC)c2c(NCCNCCO)cc(NCCNCCO)nc12. The molecule has 0 amide bonds. The number of pyridine rings is 1. The van der Waals surface area contributed by atoms with E-state index in [1.54, 1.807) is 14.2 Å². The van der Waals surface area contributed by atoms with Crippen molar-refractivity contribution in [1.29, 1.82) is 0 Å². The van der Waals surface area contributed by atoms with Gasteiger partial charge in [0, 0.05) is 45.3 Å². The van der Waals surface area contributed by atoms with E-state index in [4.69, 9.17) is 24.7 Å². The van der Waals surface area contributed by atoms with Gasteiger partial charge in [0.1, 0.15) is 22.8 Å². The highest BCUT2D eigenvalue weighted by Crippen LogP contribution is 2.38. The molecule has 0 aliphatic rings. The highest BCUT2D eigenvalue weighted by molar-refractivity contribution is 6.01. The Hall–Kier alpha value is -2.33. The first kappa shape index (κ1) is 22.0. The van der Waals surface area contributed by atoms with Gasteiger partial charge in [-0.05, 0) is 12.1 Å². The summed E-state index contributed by atoms with van der Waals surface area (Å²) in [5.41, 5.74) is 1.60. The fourth-order valence-electron chi connectivity index (χ4n) is 2.82. The minimum atomic E-state index is 0.113. The lowest BCUT2D eigenvalue weighted by molar-refractivity contribution is 0.293. The van der Waals surface area contributed by atoms with E-state index in [9.17, 15) is 0 Å². The Morgan fingerprint density at radius 3 is 2.04 bits per heavy atom. The van der Waals surface area contributed by atoms with Gasteiger partial charge in [-0.25, -0.2) is 4.98 Å². The van der Waals surface area contributed by atoms with Crippen molar-refractivity contribution < 1.29 is 19.7 Å². The third-order valence-corrected chi connectivity index (χ3v) is 4.13. The molecule has 2 rings (SSSR count). The van der Waals surface area contributed by atoms with E-state index in [1.807, 2.05) is 18.2 Å². The maximum atomic E-state index is 8.87. The molecule has 0 fully saturated rings. The molecule has 0 atom stereocenters. The Bertz CT molecular complexity index is 729. The molecular weight excluding hydrogens is 362 g/mol. The summed E-state index contributed by atoms with van der Waals surface area (Å²) in [7, 11) is 3.25. The number of ether oxygens (including phenoxy) is 2. The minimum Gasteiger partial charge on any atom is -0.496 e. The van der Waals surface area contributed by atoms with E-state index >= 15 is 0 Å². The highest BCUT2D eigenvalue weighted by Gasteiger charge is 2.15. The summed E-state index contributed by atoms with van der Waals surface area (Å²) in [5.74, 6) is 2.10. The number of benzene rings is 1. The molecule has 0 saturated carbocycles. The van der Waals surface area contributed by atoms with E-state index < -0.39 is 0 Å². The van der Waals surface area contributed by atoms with Crippen molar-refractivity contribution in [3.63, 3.8) is 0 Å². The molecule has 0 aliphatic heterocycles. The number of hydrogen-bond acceptors (Lipinski definition) is 9. The van der Waals surface area contributed by atoms with Crippen LogP contribution in [0.2, 0.25) is 0 Å². The number of aliphatic hydroxyl groups excluding tert-OH is 2. The topological polar surface area (TPSA) is 120 Å². The van der Waals surface area contributed by atoms with Crippen LogP contribution < -0.4 is 30.7 Å². The van der Waals surface area contributed by atoms with Gasteiger partial charge in [0.2, 0.25) is 0 Å². The molecule has 28 heavy (non-hydrogen) atoms. The third kappa shape index (κ3) is 6.10. The van der Waals surface area contributed by atoms with Crippen molar-refractivity contribution in [2.24, 2.45) is 0 Å². The van der Waals surface area contributed by atoms with Gasteiger partial charge in [-0.15, -0.1) is 0 Å². The summed E-state index contributed by atoms with van der Waals surface area (Å²) in [6, 6.07) is 5.65. The second-order valence-electron chi connectivity index (χ2n) is 6.05. The molecule has 6 N–H and O–H groups in total. The summed E-state index contributed by atoms with van der Waals surface area (Å²) in [4.78, 5) is 4.71. The van der Waals surface area contributed by atoms with Gasteiger partial charge in [0.15, 0.2) is 0 Å². The van der Waals surface area contributed by atoms with E-state index in [0.29, 0.717) is 56.3 Å². The van der Waals surface area contributed by atoms with Crippen LogP contribution in [0.15, 0.2) is 18.2 Å². The second kappa shape index (κ2) is 12.2. The fourth-order valence-corrected chi connectivity index (χ4v) is 2.82. The highest BCUT2D eigenvalue weighted by atomic mass is 16.5. The molecule has 0 spiro atoms. The molecule has 0 radical (unpaired) electrons. The Labute approximate surface area is 165 Å². The molecule has 1 heterocycles. The maximum Gasteiger partial charge on any atom is 0.145 e. The van der Waals surface area contributed by atoms with Crippen LogP contribution in [0.5, 0.6) is 11.5 Å². The molecule has 2 aromatic rings. The number of rotatable bonds is 14. The van der Waals surface area contributed by atoms with E-state index in [-0.39, 0.29) is 13.2 Å². The predicted octanol–water partition coefficient (Wildman–Crippen LogP) is 0.240. The smallest absolute Gasteiger partial charge is 0.145 e. The summed E-state index contributed by atoms with van der Waals surface area (Å²) in [5, 5.41) is 31.5. The number of fused-ring (bicyclic) bond motifs is 1. The monoisotopic (exact) mass is 393 g/mol. The van der Waals surface area contributed by atoms with Crippen molar-refractivity contribution >= 4 is 22.4 Å². The van der Waals surface area contributed by atoms with Crippen LogP contribution >= 0.6 is 0 Å². The van der Waals surface area contributed by atoms with Gasteiger partial charge in [-0.1, -0.05) is 0 Å². The average molecular weight is 393 g/mol. The lowest BCUT2D eigenvalue weighted by atomic mass is 10.1. The zero-order valence-electron chi connectivity index (χ0n) is 16.5. The number of hydrogen-bond donors (Lipinski definition) is 6. The van der Waals surface area contributed by atoms with Crippen molar-refractivity contribution in [2.45, 2.75) is 0 Å². The largest absolute Gasteiger partial charge is 0.496 e. The molecule has 0 unspecified atom stereocenters. The summed E-state index contributed by atoms with van der Waals surface area (Å²) in [6.07, 6.45) is 0. The molecule has 0 aliphatic carbocycles. The van der Waals surface area contributed by atoms with Crippen molar-refractivity contribution in [1.82, 2.24) is 15.6 Å². The quantitative estimate of drug-likeness (QED) is 0.251. The second-order valence-corrected chi connectivity index (χ2v) is 6.05. The first-order valence-corrected chi connectivity index (χ1v) is 9.41. The average Bonchev–Trinajstić information content (AvgIpc) is 2.72. The number of anilines is 2. The van der Waals surface area contributed by atoms with Crippen LogP contribution in [-0.4, -0.2) is 81.9 Å². The first-order valence-electron chi connectivity index (χ1n) is 9.41. The van der Waals surface area contributed by atoms with Gasteiger partial charge in [-0.3, -0.25) is 0 Å². The van der Waals surface area contributed by atoms with E-state index in [0.717, 1.165) is 16.9 Å². The van der Waals surface area contributed by atoms with Crippen LogP contribution in [-0.2, 0) is 0 Å². The Balaban J connectivity index is 2.26. The van der Waals surface area contributed by atoms with Gasteiger partial charge in [-0.2, -0.15) is 0 Å². The first-order chi connectivity index (χ1) is 13.7. The zero-order valence-corrected chi connectivity index (χ0v) is 16.5. The summed E-state index contributed by atoms with van der Waals surface area (Å²) in [6.45, 7) is 4.12. The third-order valence-electron chi connectivity index (χ3n) is 4.13. The normalized spacial score (nSPS) is 10.9. The van der Waals surface area contributed by atoms with Gasteiger partial charge in [0.05, 0.1) is 38.5 Å². The molecule has 9 heteroatoms. The van der Waals surface area contributed by atoms with Gasteiger partial charge >= 0.3 is 0 Å². The zero-order chi connectivity index (χ0) is 20.2. The minimum absolute atomic E-state index is 0.113. The number of aliphatic hydroxyl groups is 2. The Kier molecular flexibility index (Phi) is 9.56. The van der Waals surface area contributed by atoms with Crippen LogP contribution in [0.25, 0.3) is 10.9 Å². The van der Waals surface area contributed by atoms with Crippen LogP contribution in [0.3, 0.4) is 0 Å². The lowest BCUT2D eigenvalue weighted by Crippen LogP contribution is -2.25. The van der Waals surface area contributed by atoms with Crippen LogP contribution in [0.1, 0.15) is 0 Å². The molecule has 1 aromatic carbocycles. The van der Waals surface area contributed by atoms with Crippen molar-refractivity contribution in [2.75, 3.05) is 77.3 Å². The van der Waals surface area contributed by atoms with E-state index in [2.05, 4.69) is 21.3 Å². The molecule has 0 saturated heterocycles. The number of methoxy groups -OCH3 is 2. The van der Waals surface area contributed by atoms with Crippen LogP contribution in [0.4, 0.5) is 11.5 Å². The number of nitrogens with one attached hydrogen (secondary N) is 4. The molecule has 1 aromatic heterocycles. The molecule has 0 bridgehead atoms. The maximum absolute atomic E-state index is 8.87. The molecule has 156 valence electrons. The Morgan fingerprint density at radius 2 is 1.43 bits per heavy atom.